The molecule has 2 amide bonds. The van der Waals surface area contributed by atoms with E-state index < -0.39 is 66.0 Å². The highest BCUT2D eigenvalue weighted by Gasteiger charge is 2.42. The number of hydrogen-bond donors (Lipinski definition) is 8. The lowest BCUT2D eigenvalue weighted by Crippen LogP contribution is -2.49. The summed E-state index contributed by atoms with van der Waals surface area (Å²) < 4.78 is 66.8. The van der Waals surface area contributed by atoms with Crippen LogP contribution in [0.5, 0.6) is 0 Å². The monoisotopic (exact) mass is 1300 g/mol. The molecule has 0 radical (unpaired) electrons. The Morgan fingerprint density at radius 3 is 1.42 bits per heavy atom. The Morgan fingerprint density at radius 1 is 0.591 bits per heavy atom. The number of amides is 2. The maximum absolute atomic E-state index is 15.4. The largest absolute Gasteiger partial charge is 0.329 e. The van der Waals surface area contributed by atoms with Crippen LogP contribution in [0.15, 0.2) is 146 Å². The Hall–Kier alpha value is -8.05. The molecule has 10 rings (SSSR count). The lowest BCUT2D eigenvalue weighted by atomic mass is 9.80. The SMILES string of the molecule is Cc1cc(C(=O)Nc2cc(C(CCC3CC3)(N[S@](=O)C(C)(C)C)c3cccnc3)ccc2F)n(-c2cccc(CN)c2)n1.NCCNCCN.[C-]#[N+]c1cccc(-n2nc(C)cc2C(=O)Nc2cc(C(CCC3CC3)(N[S@](=O)C(C)(C)C)c3cccnc3)ccc2F)c1. The van der Waals surface area contributed by atoms with E-state index in [0.717, 1.165) is 68.3 Å². The maximum atomic E-state index is 15.4. The number of nitrogens with two attached hydrogens (primary N) is 3. The standard InChI is InChI=1S/C33H35FN6O2S.C33H39FN6O2S.C4H13N3/c1-22-18-30(40(38-22)27-10-6-9-26(20-27)35-5)31(41)37-29-19-24(13-14-28(29)34)33(16-15-23-11-12-23,25-8-7-17-36-21-25)39-43(42)32(2,3)4;1-22-17-30(40(38-22)27-9-5-7-24(18-27)20-35)31(41)37-29-19-25(12-13-28(29)34)33(15-14-23-10-11-23,26-8-6-16-36-21-26)39-43(42)32(2,3)4;5-1-3-7-4-2-6/h6-10,13-14,17-21,23,39H,11-12,15-16H2,1-4H3,(H,37,41);5-9,12-13,16-19,21,23,39H,10-11,14-15,20,35H2,1-4H3,(H,37,41);7H,1-6H2/t2*33?,43-;/m11./s1. The van der Waals surface area contributed by atoms with Gasteiger partial charge < -0.3 is 33.2 Å². The van der Waals surface area contributed by atoms with Gasteiger partial charge in [-0.2, -0.15) is 10.2 Å². The first-order valence-corrected chi connectivity index (χ1v) is 33.7. The van der Waals surface area contributed by atoms with E-state index in [0.29, 0.717) is 83.9 Å². The average Bonchev–Trinajstić information content (AvgIpc) is 1.49. The Morgan fingerprint density at radius 2 is 1.03 bits per heavy atom. The normalized spacial score (nSPS) is 15.0. The number of carbonyl (C=O) groups is 2. The van der Waals surface area contributed by atoms with Crippen LogP contribution in [-0.2, 0) is 39.6 Å². The molecule has 2 aliphatic rings. The van der Waals surface area contributed by atoms with E-state index in [2.05, 4.69) is 50.4 Å². The van der Waals surface area contributed by atoms with Gasteiger partial charge in [0, 0.05) is 57.5 Å². The van der Waals surface area contributed by atoms with Crippen LogP contribution in [0.2, 0.25) is 0 Å². The Kier molecular flexibility index (Phi) is 24.2. The lowest BCUT2D eigenvalue weighted by molar-refractivity contribution is 0.101. The third-order valence-corrected chi connectivity index (χ3v) is 19.3. The van der Waals surface area contributed by atoms with Crippen LogP contribution < -0.4 is 42.6 Å². The smallest absolute Gasteiger partial charge is 0.274 e. The number of nitrogens with zero attached hydrogens (tertiary/aromatic N) is 7. The minimum absolute atomic E-state index is 0.00848. The molecule has 93 heavy (non-hydrogen) atoms. The lowest BCUT2D eigenvalue weighted by Gasteiger charge is -2.38. The van der Waals surface area contributed by atoms with Crippen molar-refractivity contribution < 1.29 is 26.8 Å². The van der Waals surface area contributed by atoms with Crippen molar-refractivity contribution in [2.45, 2.75) is 134 Å². The number of hydrogen-bond acceptors (Lipinski definition) is 12. The number of benzene rings is 4. The fourth-order valence-corrected chi connectivity index (χ4v) is 12.4. The molecule has 2 aliphatic carbocycles. The molecule has 4 aromatic carbocycles. The topological polar surface area (TPSA) is 272 Å². The Balaban J connectivity index is 0.000000217. The molecule has 4 heterocycles. The number of pyridine rings is 2. The van der Waals surface area contributed by atoms with Gasteiger partial charge in [0.1, 0.15) is 23.0 Å². The van der Waals surface area contributed by atoms with Gasteiger partial charge in [-0.15, -0.1) is 0 Å². The number of nitrogens with one attached hydrogen (secondary N) is 5. The van der Waals surface area contributed by atoms with Crippen molar-refractivity contribution in [3.8, 4) is 11.4 Å². The molecule has 0 bridgehead atoms. The zero-order chi connectivity index (χ0) is 67.1. The minimum atomic E-state index is -1.47. The van der Waals surface area contributed by atoms with E-state index in [4.69, 9.17) is 23.8 Å². The summed E-state index contributed by atoms with van der Waals surface area (Å²) in [6.45, 7) is 25.8. The fourth-order valence-electron chi connectivity index (χ4n) is 10.5. The van der Waals surface area contributed by atoms with Gasteiger partial charge in [-0.25, -0.2) is 40.9 Å². The highest BCUT2D eigenvalue weighted by molar-refractivity contribution is 7.84. The van der Waals surface area contributed by atoms with Gasteiger partial charge in [0.05, 0.1) is 83.3 Å². The summed E-state index contributed by atoms with van der Waals surface area (Å²) in [5.74, 6) is -1.06. The summed E-state index contributed by atoms with van der Waals surface area (Å²) in [7, 11) is -2.93. The van der Waals surface area contributed by atoms with Crippen LogP contribution >= 0.6 is 0 Å². The quantitative estimate of drug-likeness (QED) is 0.0196. The van der Waals surface area contributed by atoms with Crippen LogP contribution in [0.3, 0.4) is 0 Å². The van der Waals surface area contributed by atoms with Crippen LogP contribution in [-0.4, -0.2) is 85.4 Å². The van der Waals surface area contributed by atoms with Crippen molar-refractivity contribution in [3.05, 3.63) is 220 Å². The summed E-state index contributed by atoms with van der Waals surface area (Å²) in [5, 5.41) is 17.5. The highest BCUT2D eigenvalue weighted by atomic mass is 32.2. The van der Waals surface area contributed by atoms with Gasteiger partial charge in [-0.1, -0.05) is 74.2 Å². The second-order valence-corrected chi connectivity index (χ2v) is 29.5. The molecule has 11 N–H and O–H groups in total. The van der Waals surface area contributed by atoms with Gasteiger partial charge in [0.2, 0.25) is 0 Å². The highest BCUT2D eigenvalue weighted by Crippen LogP contribution is 2.44. The predicted octanol–water partition coefficient (Wildman–Crippen LogP) is 11.4. The molecule has 0 spiro atoms. The van der Waals surface area contributed by atoms with Gasteiger partial charge in [-0.3, -0.25) is 19.6 Å². The Labute approximate surface area is 549 Å². The Bertz CT molecular complexity index is 3930. The van der Waals surface area contributed by atoms with Crippen LogP contribution in [0.1, 0.15) is 153 Å². The van der Waals surface area contributed by atoms with Crippen LogP contribution in [0, 0.1) is 43.9 Å². The molecule has 4 aromatic heterocycles. The molecule has 4 atom stereocenters. The second-order valence-electron chi connectivity index (χ2n) is 25.5. The molecule has 2 unspecified atom stereocenters. The molecule has 0 aliphatic heterocycles. The zero-order valence-corrected chi connectivity index (χ0v) is 55.9. The minimum Gasteiger partial charge on any atom is -0.329 e. The molecular formula is C70H87F2N15O4S2. The van der Waals surface area contributed by atoms with Gasteiger partial charge in [0.15, 0.2) is 5.69 Å². The van der Waals surface area contributed by atoms with Gasteiger partial charge >= 0.3 is 0 Å². The van der Waals surface area contributed by atoms with Crippen molar-refractivity contribution in [2.75, 3.05) is 36.8 Å². The summed E-state index contributed by atoms with van der Waals surface area (Å²) in [4.78, 5) is 39.5. The number of rotatable bonds is 25. The van der Waals surface area contributed by atoms with Gasteiger partial charge in [-0.05, 0) is 194 Å². The van der Waals surface area contributed by atoms with Crippen molar-refractivity contribution >= 4 is 50.8 Å². The predicted molar refractivity (Wildman–Crippen MR) is 366 cm³/mol. The summed E-state index contributed by atoms with van der Waals surface area (Å²) in [5.41, 5.74) is 21.5. The number of anilines is 2. The van der Waals surface area contributed by atoms with E-state index in [1.54, 1.807) is 99.3 Å². The maximum Gasteiger partial charge on any atom is 0.274 e. The number of carbonyl (C=O) groups excluding carboxylic acids is 2. The zero-order valence-electron chi connectivity index (χ0n) is 54.3. The van der Waals surface area contributed by atoms with Crippen LogP contribution in [0.4, 0.5) is 25.8 Å². The molecule has 23 heteroatoms. The number of halogens is 2. The van der Waals surface area contributed by atoms with E-state index in [1.165, 1.54) is 21.5 Å². The molecule has 492 valence electrons. The first-order valence-electron chi connectivity index (χ1n) is 31.4. The molecule has 19 nitrogen and oxygen atoms in total. The van der Waals surface area contributed by atoms with E-state index >= 15 is 8.78 Å². The summed E-state index contributed by atoms with van der Waals surface area (Å²) >= 11 is 0. The molecule has 0 saturated heterocycles. The third kappa shape index (κ3) is 18.6. The fraction of sp³-hybridized carbons (Fsp3) is 0.386. The van der Waals surface area contributed by atoms with Crippen molar-refractivity contribution in [1.29, 1.82) is 0 Å². The first kappa shape index (κ1) is 70.8. The van der Waals surface area contributed by atoms with Crippen molar-refractivity contribution in [1.82, 2.24) is 44.3 Å². The van der Waals surface area contributed by atoms with E-state index in [9.17, 15) is 18.0 Å². The molecular weight excluding hydrogens is 1220 g/mol. The molecule has 2 saturated carbocycles. The number of aryl methyl sites for hydroxylation is 2. The van der Waals surface area contributed by atoms with E-state index in [-0.39, 0.29) is 22.8 Å². The van der Waals surface area contributed by atoms with Gasteiger partial charge in [0.25, 0.3) is 11.8 Å². The summed E-state index contributed by atoms with van der Waals surface area (Å²) in [6, 6.07) is 34.4. The molecule has 8 aromatic rings. The second kappa shape index (κ2) is 31.7. The first-order chi connectivity index (χ1) is 44.4. The average molecular weight is 1300 g/mol. The van der Waals surface area contributed by atoms with Crippen molar-refractivity contribution in [2.24, 2.45) is 29.0 Å². The summed E-state index contributed by atoms with van der Waals surface area (Å²) in [6.07, 6.45) is 14.6. The number of aromatic nitrogens is 6. The third-order valence-electron chi connectivity index (χ3n) is 16.0. The van der Waals surface area contributed by atoms with E-state index in [1.807, 2.05) is 90.1 Å². The molecule has 2 fully saturated rings. The van der Waals surface area contributed by atoms with Crippen molar-refractivity contribution in [3.63, 3.8) is 0 Å². The van der Waals surface area contributed by atoms with Crippen LogP contribution in [0.25, 0.3) is 16.2 Å².